The van der Waals surface area contributed by atoms with E-state index < -0.39 is 47.4 Å². The molecule has 2 aromatic heterocycles. The summed E-state index contributed by atoms with van der Waals surface area (Å²) in [7, 11) is 0. The molecule has 0 fully saturated rings. The Morgan fingerprint density at radius 3 is 1.59 bits per heavy atom. The number of azide groups is 2. The number of amides is 3. The molecule has 0 saturated heterocycles. The number of nitrogens with zero attached hydrogens (tertiary/aromatic N) is 9. The largest absolute Gasteiger partial charge is 0.488 e. The molecule has 4 N–H and O–H groups in total. The minimum Gasteiger partial charge on any atom is -0.488 e. The summed E-state index contributed by atoms with van der Waals surface area (Å²) in [5.41, 5.74) is 20.5. The molecule has 0 spiro atoms. The smallest absolute Gasteiger partial charge is 0.416 e. The number of rotatable bonds is 45. The van der Waals surface area contributed by atoms with Gasteiger partial charge in [0.2, 0.25) is 11.8 Å². The van der Waals surface area contributed by atoms with Crippen molar-refractivity contribution in [3.05, 3.63) is 127 Å². The third-order valence-electron chi connectivity index (χ3n) is 14.5. The van der Waals surface area contributed by atoms with Crippen molar-refractivity contribution < 1.29 is 85.2 Å². The van der Waals surface area contributed by atoms with Gasteiger partial charge in [-0.2, -0.15) is 0 Å². The van der Waals surface area contributed by atoms with E-state index in [1.807, 2.05) is 39.0 Å². The van der Waals surface area contributed by atoms with Gasteiger partial charge in [0.1, 0.15) is 30.5 Å². The number of carbonyl (C=O) groups excluding carboxylic acids is 4. The van der Waals surface area contributed by atoms with E-state index in [-0.39, 0.29) is 95.1 Å². The number of carboxylic acid groups (broad SMARTS) is 1. The normalized spacial score (nSPS) is 12.9. The number of carbonyl (C=O) groups is 5. The van der Waals surface area contributed by atoms with Gasteiger partial charge in [-0.3, -0.25) is 24.1 Å². The van der Waals surface area contributed by atoms with Crippen LogP contribution in [0.5, 0.6) is 11.5 Å². The summed E-state index contributed by atoms with van der Waals surface area (Å²) in [5, 5.41) is 25.0. The number of benzene rings is 2. The highest BCUT2D eigenvalue weighted by atomic mass is 19.1. The monoisotopic (exact) mass is 1360 g/mol. The third kappa shape index (κ3) is 32.4. The van der Waals surface area contributed by atoms with Gasteiger partial charge < -0.3 is 68.4 Å². The first-order valence-corrected chi connectivity index (χ1v) is 33.0. The van der Waals surface area contributed by atoms with E-state index >= 15 is 4.39 Å². The highest BCUT2D eigenvalue weighted by molar-refractivity contribution is 5.88. The number of aliphatic carboxylic acids is 1. The minimum absolute atomic E-state index is 0.00197. The average molecular weight is 1360 g/mol. The number of carboxylic acids is 1. The second-order valence-electron chi connectivity index (χ2n) is 23.3. The van der Waals surface area contributed by atoms with E-state index in [9.17, 15) is 33.5 Å². The number of esters is 1. The summed E-state index contributed by atoms with van der Waals surface area (Å²) in [4.78, 5) is 78.6. The van der Waals surface area contributed by atoms with Crippen LogP contribution in [0.4, 0.5) is 25.2 Å². The van der Waals surface area contributed by atoms with Crippen molar-refractivity contribution in [1.82, 2.24) is 20.6 Å². The fourth-order valence-electron chi connectivity index (χ4n) is 9.91. The minimum atomic E-state index is -1.11. The number of aryl methyl sites for hydroxylation is 4. The van der Waals surface area contributed by atoms with Gasteiger partial charge in [0.15, 0.2) is 23.1 Å². The summed E-state index contributed by atoms with van der Waals surface area (Å²) in [6.07, 6.45) is 7.20. The second-order valence-corrected chi connectivity index (χ2v) is 23.3. The predicted molar refractivity (Wildman–Crippen MR) is 354 cm³/mol. The first-order chi connectivity index (χ1) is 47.0. The molecule has 2 aliphatic heterocycles. The molecule has 532 valence electrons. The maximum absolute atomic E-state index is 15.1. The molecule has 0 aliphatic carbocycles. The number of ether oxygens (including phenoxy) is 10. The van der Waals surface area contributed by atoms with E-state index in [0.29, 0.717) is 115 Å². The Kier molecular flexibility index (Phi) is 37.5. The van der Waals surface area contributed by atoms with Crippen LogP contribution in [0.1, 0.15) is 138 Å². The topological polar surface area (TPSA) is 361 Å². The van der Waals surface area contributed by atoms with Crippen LogP contribution in [0.2, 0.25) is 0 Å². The molecule has 30 heteroatoms. The molecule has 2 atom stereocenters. The van der Waals surface area contributed by atoms with Crippen molar-refractivity contribution in [3.8, 4) is 11.5 Å². The summed E-state index contributed by atoms with van der Waals surface area (Å²) in [6.45, 7) is 13.5. The van der Waals surface area contributed by atoms with Gasteiger partial charge in [-0.05, 0) is 162 Å². The lowest BCUT2D eigenvalue weighted by atomic mass is 10.0. The Morgan fingerprint density at radius 1 is 0.629 bits per heavy atom. The molecule has 4 aromatic rings. The Hall–Kier alpha value is -8.47. The molecule has 0 saturated carbocycles. The number of halogens is 2. The van der Waals surface area contributed by atoms with Crippen molar-refractivity contribution in [1.29, 1.82) is 0 Å². The van der Waals surface area contributed by atoms with Gasteiger partial charge in [0, 0.05) is 60.2 Å². The Labute approximate surface area is 564 Å². The lowest BCUT2D eigenvalue weighted by Gasteiger charge is -2.31. The standard InChI is InChI=1S/C37H53FN6O9.C30H41FN6O7/c1-5-51-34(46)26-31(28-13-15-32(30(38)25-28)52-24-23-50-22-21-49-20-19-48-18-16-40-43-39)42-33(45)11-7-6-10-29-14-12-27-9-8-17-44(35(27)41-29)36(47)53-37(2,3)4;31-25-20-23(8-10-27(25)44-19-18-43-17-16-42-15-14-41-13-12-34-37-32)26(21-29(39)40)36-28(38)6-2-1-5-24-9-7-22-4-3-11-33-30(22)35-24/h12-15,25,31H,5-11,16-24,26H2,1-4H3,(H,42,45);7-10,20,26H,1-6,11-19,21H2,(H,33,35)(H,36,38)(H,39,40)/t31-;26-/m00/s1. The quantitative estimate of drug-likeness (QED) is 0.0105. The van der Waals surface area contributed by atoms with Crippen molar-refractivity contribution in [2.75, 3.05) is 135 Å². The molecule has 2 aromatic carbocycles. The van der Waals surface area contributed by atoms with Gasteiger partial charge in [0.25, 0.3) is 0 Å². The zero-order valence-electron chi connectivity index (χ0n) is 56.1. The van der Waals surface area contributed by atoms with Crippen LogP contribution in [0.15, 0.2) is 70.9 Å². The highest BCUT2D eigenvalue weighted by Gasteiger charge is 2.29. The first kappa shape index (κ1) is 79.2. The summed E-state index contributed by atoms with van der Waals surface area (Å²) in [6, 6.07) is 14.9. The molecule has 6 rings (SSSR count). The Morgan fingerprint density at radius 2 is 1.10 bits per heavy atom. The summed E-state index contributed by atoms with van der Waals surface area (Å²) in [5.74, 6) is -1.93. The van der Waals surface area contributed by atoms with Crippen molar-refractivity contribution >= 4 is 41.5 Å². The summed E-state index contributed by atoms with van der Waals surface area (Å²) < 4.78 is 83.5. The lowest BCUT2D eigenvalue weighted by molar-refractivity contribution is -0.144. The highest BCUT2D eigenvalue weighted by Crippen LogP contribution is 2.30. The van der Waals surface area contributed by atoms with Gasteiger partial charge in [-0.15, -0.1) is 0 Å². The van der Waals surface area contributed by atoms with Gasteiger partial charge in [0.05, 0.1) is 111 Å². The molecule has 0 radical (unpaired) electrons. The maximum Gasteiger partial charge on any atom is 0.416 e. The van der Waals surface area contributed by atoms with E-state index in [1.165, 1.54) is 29.8 Å². The fraction of sp³-hybridized carbons (Fsp3) is 0.597. The first-order valence-electron chi connectivity index (χ1n) is 33.0. The molecule has 28 nitrogen and oxygen atoms in total. The number of nitrogens with one attached hydrogen (secondary N) is 3. The fourth-order valence-corrected chi connectivity index (χ4v) is 9.91. The lowest BCUT2D eigenvalue weighted by Crippen LogP contribution is -2.40. The van der Waals surface area contributed by atoms with Crippen molar-refractivity contribution in [2.24, 2.45) is 10.2 Å². The number of anilines is 2. The van der Waals surface area contributed by atoms with Crippen molar-refractivity contribution in [2.45, 2.75) is 135 Å². The average Bonchev–Trinajstić information content (AvgIpc) is 0.825. The van der Waals surface area contributed by atoms with Crippen LogP contribution < -0.4 is 30.3 Å². The number of unbranched alkanes of at least 4 members (excludes halogenated alkanes) is 2. The van der Waals surface area contributed by atoms with Gasteiger partial charge >= 0.3 is 18.0 Å². The van der Waals surface area contributed by atoms with E-state index in [4.69, 9.17) is 63.4 Å². The molecule has 0 bridgehead atoms. The van der Waals surface area contributed by atoms with Crippen LogP contribution in [0, 0.1) is 11.6 Å². The van der Waals surface area contributed by atoms with Crippen LogP contribution >= 0.6 is 0 Å². The van der Waals surface area contributed by atoms with Crippen LogP contribution in [0.3, 0.4) is 0 Å². The van der Waals surface area contributed by atoms with Gasteiger partial charge in [-0.25, -0.2) is 23.5 Å². The third-order valence-corrected chi connectivity index (χ3v) is 14.5. The van der Waals surface area contributed by atoms with Gasteiger partial charge in [-0.1, -0.05) is 34.5 Å². The van der Waals surface area contributed by atoms with Crippen molar-refractivity contribution in [3.63, 3.8) is 0 Å². The molecule has 97 heavy (non-hydrogen) atoms. The zero-order chi connectivity index (χ0) is 69.9. The number of aromatic nitrogens is 2. The number of hydrogen-bond acceptors (Lipinski definition) is 20. The number of hydrogen-bond donors (Lipinski definition) is 4. The summed E-state index contributed by atoms with van der Waals surface area (Å²) >= 11 is 0. The maximum atomic E-state index is 15.1. The predicted octanol–water partition coefficient (Wildman–Crippen LogP) is 10.5. The zero-order valence-corrected chi connectivity index (χ0v) is 56.1. The second kappa shape index (κ2) is 45.9. The van der Waals surface area contributed by atoms with Crippen LogP contribution in [-0.2, 0) is 82.8 Å². The number of pyridine rings is 2. The Balaban J connectivity index is 0.000000357. The molecule has 3 amide bonds. The molecular formula is C67H94F2N12O16. The van der Waals surface area contributed by atoms with E-state index in [0.717, 1.165) is 67.8 Å². The Bertz CT molecular complexity index is 3170. The molecule has 4 heterocycles. The molecular weight excluding hydrogens is 1270 g/mol. The van der Waals surface area contributed by atoms with E-state index in [2.05, 4.69) is 47.1 Å². The number of fused-ring (bicyclic) bond motifs is 2. The molecule has 2 aliphatic rings. The van der Waals surface area contributed by atoms with Crippen LogP contribution in [0.25, 0.3) is 20.9 Å². The van der Waals surface area contributed by atoms with Crippen LogP contribution in [-0.4, -0.2) is 176 Å². The SMILES string of the molecule is CCOC(=O)C[C@H](NC(=O)CCCCc1ccc2c(n1)N(C(=O)OC(C)(C)C)CCC2)c1ccc(OCCOCCOCCOCCN=[N+]=[N-])c(F)c1.[N-]=[N+]=NCCOCCOCCOCCOc1ccc([C@H](CC(=O)O)NC(=O)CCCCc2ccc3c(n2)NCCC3)cc1F. The molecule has 0 unspecified atom stereocenters. The van der Waals surface area contributed by atoms with E-state index in [1.54, 1.807) is 24.0 Å².